The summed E-state index contributed by atoms with van der Waals surface area (Å²) >= 11 is 14.1. The van der Waals surface area contributed by atoms with E-state index in [2.05, 4.69) is 13.8 Å². The summed E-state index contributed by atoms with van der Waals surface area (Å²) in [6.45, 7) is 4.53. The van der Waals surface area contributed by atoms with Crippen molar-refractivity contribution in [1.29, 1.82) is 0 Å². The van der Waals surface area contributed by atoms with E-state index in [1.54, 1.807) is 9.81 Å². The minimum absolute atomic E-state index is 0.662. The van der Waals surface area contributed by atoms with Gasteiger partial charge in [0.25, 0.3) is 0 Å². The molecule has 0 amide bonds. The third-order valence-corrected chi connectivity index (χ3v) is 7.15. The Bertz CT molecular complexity index is 314. The maximum absolute atomic E-state index is 5.18. The molecule has 4 heteroatoms. The highest BCUT2D eigenvalue weighted by Gasteiger charge is 2.18. The van der Waals surface area contributed by atoms with Gasteiger partial charge in [0.15, 0.2) is 0 Å². The first-order chi connectivity index (χ1) is 9.69. The van der Waals surface area contributed by atoms with E-state index in [0.29, 0.717) is 4.24 Å². The van der Waals surface area contributed by atoms with Gasteiger partial charge >= 0.3 is 0 Å². The number of allylic oxidation sites excluding steroid dienone is 2. The minimum atomic E-state index is 0.662. The summed E-state index contributed by atoms with van der Waals surface area (Å²) < 4.78 is 1.85. The van der Waals surface area contributed by atoms with Gasteiger partial charge in [-0.1, -0.05) is 75.9 Å². The van der Waals surface area contributed by atoms with Crippen LogP contribution in [0.1, 0.15) is 78.1 Å². The molecule has 0 N–H and O–H groups in total. The Hall–Kier alpha value is 0.620. The van der Waals surface area contributed by atoms with Crippen molar-refractivity contribution in [2.24, 2.45) is 0 Å². The lowest BCUT2D eigenvalue weighted by atomic mass is 10.1. The highest BCUT2D eigenvalue weighted by molar-refractivity contribution is 8.29. The Morgan fingerprint density at radius 2 is 1.20 bits per heavy atom. The minimum Gasteiger partial charge on any atom is -0.806 e. The molecule has 0 unspecified atom stereocenters. The maximum atomic E-state index is 5.18. The summed E-state index contributed by atoms with van der Waals surface area (Å²) in [5, 5.41) is 0. The smallest absolute Gasteiger partial charge is 0.00445 e. The molecule has 0 spiro atoms. The van der Waals surface area contributed by atoms with Crippen LogP contribution >= 0.6 is 23.5 Å². The Kier molecular flexibility index (Phi) is 10.5. The second kappa shape index (κ2) is 11.2. The fourth-order valence-electron chi connectivity index (χ4n) is 2.25. The molecular weight excluding hydrogens is 320 g/mol. The average Bonchev–Trinajstić information content (AvgIpc) is 2.83. The standard InChI is InChI=1S/C16H28S4/c1-3-5-7-9-11-13-14(12-10-8-6-4-2)20-16(19-13)15(17)18/h17-18H,3-12H2,1-2H3/p-2. The van der Waals surface area contributed by atoms with Crippen LogP contribution in [0.5, 0.6) is 0 Å². The van der Waals surface area contributed by atoms with Crippen LogP contribution in [0.2, 0.25) is 0 Å². The predicted octanol–water partition coefficient (Wildman–Crippen LogP) is 6.84. The van der Waals surface area contributed by atoms with E-state index in [1.807, 2.05) is 23.5 Å². The number of hydrogen-bond donors (Lipinski definition) is 0. The first-order valence-electron chi connectivity index (χ1n) is 7.85. The van der Waals surface area contributed by atoms with Crippen molar-refractivity contribution in [1.82, 2.24) is 0 Å². The lowest BCUT2D eigenvalue weighted by Crippen LogP contribution is -1.84. The molecule has 1 aliphatic heterocycles. The number of hydrogen-bond acceptors (Lipinski definition) is 4. The van der Waals surface area contributed by atoms with Crippen molar-refractivity contribution in [3.8, 4) is 0 Å². The van der Waals surface area contributed by atoms with Crippen LogP contribution in [0, 0.1) is 0 Å². The molecule has 0 aliphatic carbocycles. The summed E-state index contributed by atoms with van der Waals surface area (Å²) in [6.07, 6.45) is 13.1. The molecule has 1 rings (SSSR count). The van der Waals surface area contributed by atoms with Crippen molar-refractivity contribution < 1.29 is 0 Å². The van der Waals surface area contributed by atoms with Crippen LogP contribution < -0.4 is 0 Å². The quantitative estimate of drug-likeness (QED) is 0.313. The van der Waals surface area contributed by atoms with Crippen LogP contribution in [0.25, 0.3) is 0 Å². The van der Waals surface area contributed by atoms with E-state index < -0.39 is 0 Å². The zero-order chi connectivity index (χ0) is 14.8. The van der Waals surface area contributed by atoms with Crippen LogP contribution in [0.3, 0.4) is 0 Å². The van der Waals surface area contributed by atoms with Gasteiger partial charge in [0.05, 0.1) is 0 Å². The Labute approximate surface area is 144 Å². The van der Waals surface area contributed by atoms with E-state index in [1.165, 1.54) is 68.4 Å². The van der Waals surface area contributed by atoms with Gasteiger partial charge in [-0.2, -0.15) is 0 Å². The lowest BCUT2D eigenvalue weighted by Gasteiger charge is -2.21. The molecule has 1 aliphatic rings. The van der Waals surface area contributed by atoms with Gasteiger partial charge < -0.3 is 29.5 Å². The van der Waals surface area contributed by atoms with Gasteiger partial charge in [-0.3, -0.25) is 0 Å². The summed E-state index contributed by atoms with van der Waals surface area (Å²) in [4.78, 5) is 3.12. The normalized spacial score (nSPS) is 15.2. The SMILES string of the molecule is CCCCCCC1=C(CCCCCC)SC(=C([S-])[S-])S1. The monoisotopic (exact) mass is 346 g/mol. The predicted molar refractivity (Wildman–Crippen MR) is 101 cm³/mol. The highest BCUT2D eigenvalue weighted by atomic mass is 32.2. The molecule has 0 saturated carbocycles. The second-order valence-corrected chi connectivity index (χ2v) is 8.79. The molecule has 0 aromatic heterocycles. The molecule has 0 atom stereocenters. The molecule has 0 nitrogen and oxygen atoms in total. The number of unbranched alkanes of at least 4 members (excludes halogenated alkanes) is 6. The van der Waals surface area contributed by atoms with E-state index in [0.717, 1.165) is 0 Å². The summed E-state index contributed by atoms with van der Waals surface area (Å²) in [5.74, 6) is 0. The average molecular weight is 347 g/mol. The van der Waals surface area contributed by atoms with Gasteiger partial charge in [-0.15, -0.1) is 0 Å². The van der Waals surface area contributed by atoms with Crippen LogP contribution in [-0.4, -0.2) is 0 Å². The summed E-state index contributed by atoms with van der Waals surface area (Å²) in [5.41, 5.74) is 0. The van der Waals surface area contributed by atoms with Gasteiger partial charge in [-0.05, 0) is 25.7 Å². The van der Waals surface area contributed by atoms with Crippen molar-refractivity contribution in [2.45, 2.75) is 78.1 Å². The summed E-state index contributed by atoms with van der Waals surface area (Å²) in [7, 11) is 0. The number of rotatable bonds is 10. The van der Waals surface area contributed by atoms with Crippen molar-refractivity contribution in [3.05, 3.63) is 18.3 Å². The van der Waals surface area contributed by atoms with Crippen molar-refractivity contribution in [3.63, 3.8) is 0 Å². The molecule has 0 bridgehead atoms. The molecule has 0 radical (unpaired) electrons. The molecule has 0 aromatic rings. The highest BCUT2D eigenvalue weighted by Crippen LogP contribution is 2.53. The zero-order valence-corrected chi connectivity index (χ0v) is 16.0. The molecule has 0 fully saturated rings. The molecule has 20 heavy (non-hydrogen) atoms. The largest absolute Gasteiger partial charge is 0.806 e. The van der Waals surface area contributed by atoms with E-state index >= 15 is 0 Å². The molecule has 0 aromatic carbocycles. The topological polar surface area (TPSA) is 0 Å². The maximum Gasteiger partial charge on any atom is 0.00445 e. The van der Waals surface area contributed by atoms with Gasteiger partial charge in [-0.25, -0.2) is 0 Å². The molecule has 1 heterocycles. The van der Waals surface area contributed by atoms with E-state index in [4.69, 9.17) is 25.3 Å². The fraction of sp³-hybridized carbons (Fsp3) is 0.750. The van der Waals surface area contributed by atoms with Crippen LogP contribution in [0.4, 0.5) is 0 Å². The number of thioether (sulfide) groups is 2. The Balaban J connectivity index is 2.48. The van der Waals surface area contributed by atoms with Gasteiger partial charge in [0.2, 0.25) is 0 Å². The zero-order valence-electron chi connectivity index (χ0n) is 12.7. The fourth-order valence-corrected chi connectivity index (χ4v) is 5.31. The van der Waals surface area contributed by atoms with Gasteiger partial charge in [0.1, 0.15) is 0 Å². The Morgan fingerprint density at radius 1 is 0.750 bits per heavy atom. The third kappa shape index (κ3) is 7.06. The van der Waals surface area contributed by atoms with Crippen molar-refractivity contribution in [2.75, 3.05) is 0 Å². The van der Waals surface area contributed by atoms with Crippen LogP contribution in [-0.2, 0) is 25.3 Å². The first kappa shape index (κ1) is 18.7. The van der Waals surface area contributed by atoms with Gasteiger partial charge in [0, 0.05) is 14.0 Å². The van der Waals surface area contributed by atoms with Crippen molar-refractivity contribution >= 4 is 48.8 Å². The molecular formula is C16H26S4-2. The van der Waals surface area contributed by atoms with Crippen LogP contribution in [0.15, 0.2) is 18.3 Å². The Morgan fingerprint density at radius 3 is 1.55 bits per heavy atom. The second-order valence-electron chi connectivity index (χ2n) is 5.25. The lowest BCUT2D eigenvalue weighted by molar-refractivity contribution is 0.661. The third-order valence-electron chi connectivity index (χ3n) is 3.42. The summed E-state index contributed by atoms with van der Waals surface area (Å²) in [6, 6.07) is 0. The van der Waals surface area contributed by atoms with E-state index in [-0.39, 0.29) is 0 Å². The van der Waals surface area contributed by atoms with E-state index in [9.17, 15) is 0 Å². The molecule has 116 valence electrons. The first-order valence-corrected chi connectivity index (χ1v) is 10.3. The molecule has 0 saturated heterocycles.